The SMILES string of the molecule is Cc1ccc(/C=N\N2C(=O)C[NH+](C(C)C)[C@H]2c2ccc(C)cc2)cc1. The van der Waals surface area contributed by atoms with Crippen LogP contribution in [-0.4, -0.2) is 29.7 Å². The van der Waals surface area contributed by atoms with Gasteiger partial charge in [-0.25, -0.2) is 0 Å². The van der Waals surface area contributed by atoms with Gasteiger partial charge in [0.05, 0.1) is 12.3 Å². The molecule has 2 aromatic carbocycles. The number of carbonyl (C=O) groups is 1. The number of nitrogens with one attached hydrogen (secondary N) is 1. The van der Waals surface area contributed by atoms with Crippen LogP contribution < -0.4 is 4.90 Å². The molecule has 1 amide bonds. The Labute approximate surface area is 149 Å². The van der Waals surface area contributed by atoms with Crippen LogP contribution in [0.15, 0.2) is 53.6 Å². The zero-order valence-corrected chi connectivity index (χ0v) is 15.4. The summed E-state index contributed by atoms with van der Waals surface area (Å²) in [5, 5.41) is 6.21. The summed E-state index contributed by atoms with van der Waals surface area (Å²) in [7, 11) is 0. The molecular weight excluding hydrogens is 310 g/mol. The van der Waals surface area contributed by atoms with E-state index in [-0.39, 0.29) is 12.1 Å². The second-order valence-electron chi connectivity index (χ2n) is 7.11. The van der Waals surface area contributed by atoms with Crippen LogP contribution in [0, 0.1) is 13.8 Å². The van der Waals surface area contributed by atoms with E-state index in [0.29, 0.717) is 12.6 Å². The van der Waals surface area contributed by atoms with Gasteiger partial charge >= 0.3 is 5.91 Å². The van der Waals surface area contributed by atoms with E-state index in [4.69, 9.17) is 0 Å². The monoisotopic (exact) mass is 336 g/mol. The van der Waals surface area contributed by atoms with Crippen molar-refractivity contribution in [2.45, 2.75) is 39.9 Å². The van der Waals surface area contributed by atoms with E-state index in [1.54, 1.807) is 11.2 Å². The first-order valence-corrected chi connectivity index (χ1v) is 8.80. The third kappa shape index (κ3) is 3.80. The normalized spacial score (nSPS) is 20.8. The lowest BCUT2D eigenvalue weighted by Gasteiger charge is -2.26. The molecule has 2 atom stereocenters. The second-order valence-corrected chi connectivity index (χ2v) is 7.11. The van der Waals surface area contributed by atoms with Gasteiger partial charge in [0.1, 0.15) is 0 Å². The van der Waals surface area contributed by atoms with E-state index in [0.717, 1.165) is 11.1 Å². The summed E-state index contributed by atoms with van der Waals surface area (Å²) in [6.45, 7) is 8.90. The highest BCUT2D eigenvalue weighted by atomic mass is 16.2. The largest absolute Gasteiger partial charge is 0.303 e. The molecule has 3 rings (SSSR count). The Morgan fingerprint density at radius 2 is 1.60 bits per heavy atom. The molecule has 0 saturated carbocycles. The number of nitrogens with zero attached hydrogens (tertiary/aromatic N) is 2. The quantitative estimate of drug-likeness (QED) is 0.856. The van der Waals surface area contributed by atoms with Gasteiger partial charge < -0.3 is 4.90 Å². The van der Waals surface area contributed by atoms with Gasteiger partial charge in [0.15, 0.2) is 6.54 Å². The zero-order valence-electron chi connectivity index (χ0n) is 15.4. The lowest BCUT2D eigenvalue weighted by Crippen LogP contribution is -3.14. The van der Waals surface area contributed by atoms with Crippen molar-refractivity contribution in [3.05, 3.63) is 70.8 Å². The molecule has 4 heteroatoms. The van der Waals surface area contributed by atoms with E-state index < -0.39 is 0 Å². The average molecular weight is 336 g/mol. The van der Waals surface area contributed by atoms with Crippen molar-refractivity contribution >= 4 is 12.1 Å². The van der Waals surface area contributed by atoms with Gasteiger partial charge in [0.2, 0.25) is 6.17 Å². The first-order chi connectivity index (χ1) is 12.0. The Bertz CT molecular complexity index is 763. The Balaban J connectivity index is 1.92. The highest BCUT2D eigenvalue weighted by Gasteiger charge is 2.44. The number of benzene rings is 2. The van der Waals surface area contributed by atoms with E-state index in [1.165, 1.54) is 16.0 Å². The molecule has 0 aromatic heterocycles. The van der Waals surface area contributed by atoms with Crippen LogP contribution in [0.5, 0.6) is 0 Å². The number of hydrogen-bond acceptors (Lipinski definition) is 2. The molecule has 1 N–H and O–H groups in total. The molecular formula is C21H26N3O+. The minimum absolute atomic E-state index is 0.0673. The summed E-state index contributed by atoms with van der Waals surface area (Å²) in [6, 6.07) is 16.9. The van der Waals surface area contributed by atoms with Crippen LogP contribution in [-0.2, 0) is 4.79 Å². The molecule has 1 unspecified atom stereocenters. The topological polar surface area (TPSA) is 37.1 Å². The van der Waals surface area contributed by atoms with Crippen LogP contribution in [0.25, 0.3) is 0 Å². The van der Waals surface area contributed by atoms with Crippen molar-refractivity contribution in [1.82, 2.24) is 5.01 Å². The third-order valence-corrected chi connectivity index (χ3v) is 4.75. The standard InChI is InChI=1S/C21H25N3O/c1-15(2)23-14-20(25)24(21(23)19-11-7-17(4)8-12-19)22-13-18-9-5-16(3)6-10-18/h5-13,15,21H,14H2,1-4H3/p+1/b22-13-/t21-/m1/s1. The molecule has 130 valence electrons. The second kappa shape index (κ2) is 7.19. The molecule has 1 aliphatic rings. The number of amides is 1. The van der Waals surface area contributed by atoms with Crippen molar-refractivity contribution in [1.29, 1.82) is 0 Å². The van der Waals surface area contributed by atoms with Crippen LogP contribution in [0.3, 0.4) is 0 Å². The predicted octanol–water partition coefficient (Wildman–Crippen LogP) is 2.47. The minimum Gasteiger partial charge on any atom is -0.300 e. The fourth-order valence-electron chi connectivity index (χ4n) is 3.19. The van der Waals surface area contributed by atoms with Crippen molar-refractivity contribution in [2.75, 3.05) is 6.54 Å². The molecule has 0 radical (unpaired) electrons. The smallest absolute Gasteiger partial charge is 0.300 e. The summed E-state index contributed by atoms with van der Waals surface area (Å²) in [5.41, 5.74) is 4.55. The summed E-state index contributed by atoms with van der Waals surface area (Å²) >= 11 is 0. The van der Waals surface area contributed by atoms with Gasteiger partial charge in [-0.1, -0.05) is 59.7 Å². The molecule has 0 spiro atoms. The van der Waals surface area contributed by atoms with Gasteiger partial charge in [0, 0.05) is 5.56 Å². The van der Waals surface area contributed by atoms with Crippen LogP contribution in [0.2, 0.25) is 0 Å². The van der Waals surface area contributed by atoms with E-state index in [1.807, 2.05) is 12.1 Å². The number of hydrazone groups is 1. The molecule has 2 aromatic rings. The summed E-state index contributed by atoms with van der Waals surface area (Å²) in [4.78, 5) is 13.8. The number of quaternary nitrogens is 1. The fraction of sp³-hybridized carbons (Fsp3) is 0.333. The highest BCUT2D eigenvalue weighted by Crippen LogP contribution is 2.20. The number of rotatable bonds is 4. The minimum atomic E-state index is -0.0743. The molecule has 4 nitrogen and oxygen atoms in total. The van der Waals surface area contributed by atoms with Crippen molar-refractivity contribution in [3.8, 4) is 0 Å². The molecule has 25 heavy (non-hydrogen) atoms. The van der Waals surface area contributed by atoms with Gasteiger partial charge in [-0.15, -0.1) is 0 Å². The summed E-state index contributed by atoms with van der Waals surface area (Å²) < 4.78 is 0. The predicted molar refractivity (Wildman–Crippen MR) is 101 cm³/mol. The number of hydrogen-bond donors (Lipinski definition) is 1. The van der Waals surface area contributed by atoms with Crippen LogP contribution in [0.1, 0.15) is 42.3 Å². The zero-order chi connectivity index (χ0) is 18.0. The Morgan fingerprint density at radius 1 is 1.04 bits per heavy atom. The van der Waals surface area contributed by atoms with E-state index >= 15 is 0 Å². The molecule has 1 saturated heterocycles. The fourth-order valence-corrected chi connectivity index (χ4v) is 3.19. The number of carbonyl (C=O) groups excluding carboxylic acids is 1. The van der Waals surface area contributed by atoms with Crippen molar-refractivity contribution in [3.63, 3.8) is 0 Å². The summed E-state index contributed by atoms with van der Waals surface area (Å²) in [5.74, 6) is 0.0673. The van der Waals surface area contributed by atoms with Gasteiger partial charge in [0.25, 0.3) is 0 Å². The maximum Gasteiger partial charge on any atom is 0.303 e. The van der Waals surface area contributed by atoms with E-state index in [2.05, 4.69) is 69.2 Å². The molecule has 0 bridgehead atoms. The molecule has 1 heterocycles. The maximum atomic E-state index is 12.6. The van der Waals surface area contributed by atoms with Crippen LogP contribution in [0.4, 0.5) is 0 Å². The maximum absolute atomic E-state index is 12.6. The van der Waals surface area contributed by atoms with Crippen LogP contribution >= 0.6 is 0 Å². The first-order valence-electron chi connectivity index (χ1n) is 8.80. The molecule has 1 fully saturated rings. The van der Waals surface area contributed by atoms with Gasteiger partial charge in [-0.2, -0.15) is 10.1 Å². The lowest BCUT2D eigenvalue weighted by molar-refractivity contribution is -0.944. The Kier molecular flexibility index (Phi) is 5.00. The lowest BCUT2D eigenvalue weighted by atomic mass is 10.1. The Hall–Kier alpha value is -2.46. The highest BCUT2D eigenvalue weighted by molar-refractivity contribution is 5.83. The molecule has 1 aliphatic heterocycles. The number of aryl methyl sites for hydroxylation is 2. The molecule has 0 aliphatic carbocycles. The Morgan fingerprint density at radius 3 is 2.16 bits per heavy atom. The van der Waals surface area contributed by atoms with Gasteiger partial charge in [-0.05, 0) is 33.3 Å². The average Bonchev–Trinajstić information content (AvgIpc) is 2.92. The van der Waals surface area contributed by atoms with Crippen molar-refractivity contribution < 1.29 is 9.69 Å². The first kappa shape index (κ1) is 17.4. The van der Waals surface area contributed by atoms with Crippen molar-refractivity contribution in [2.24, 2.45) is 5.10 Å². The van der Waals surface area contributed by atoms with Gasteiger partial charge in [-0.3, -0.25) is 4.79 Å². The summed E-state index contributed by atoms with van der Waals surface area (Å²) in [6.07, 6.45) is 1.71. The third-order valence-electron chi connectivity index (χ3n) is 4.75. The van der Waals surface area contributed by atoms with E-state index in [9.17, 15) is 4.79 Å².